The van der Waals surface area contributed by atoms with E-state index in [1.54, 1.807) is 0 Å². The third-order valence-corrected chi connectivity index (χ3v) is 4.81. The summed E-state index contributed by atoms with van der Waals surface area (Å²) in [6.07, 6.45) is 5.12. The van der Waals surface area contributed by atoms with E-state index in [9.17, 15) is 0 Å². The van der Waals surface area contributed by atoms with Crippen molar-refractivity contribution >= 4 is 27.7 Å². The summed E-state index contributed by atoms with van der Waals surface area (Å²) in [5.41, 5.74) is 1.42. The molecule has 1 unspecified atom stereocenters. The van der Waals surface area contributed by atoms with Crippen LogP contribution in [0.5, 0.6) is 0 Å². The highest BCUT2D eigenvalue weighted by Gasteiger charge is 2.10. The van der Waals surface area contributed by atoms with Gasteiger partial charge in [-0.15, -0.1) is 11.8 Å². The molecule has 0 saturated carbocycles. The van der Waals surface area contributed by atoms with Gasteiger partial charge in [0.05, 0.1) is 0 Å². The van der Waals surface area contributed by atoms with Gasteiger partial charge in [0.15, 0.2) is 0 Å². The molecular weight excluding hydrogens is 318 g/mol. The lowest BCUT2D eigenvalue weighted by Crippen LogP contribution is -2.19. The Labute approximate surface area is 131 Å². The largest absolute Gasteiger partial charge is 0.310 e. The molecular formula is C16H26BrNS. The van der Waals surface area contributed by atoms with Crippen molar-refractivity contribution in [2.75, 3.05) is 12.3 Å². The van der Waals surface area contributed by atoms with Crippen molar-refractivity contribution in [3.8, 4) is 0 Å². The topological polar surface area (TPSA) is 12.0 Å². The maximum absolute atomic E-state index is 3.59. The van der Waals surface area contributed by atoms with Gasteiger partial charge in [-0.3, -0.25) is 0 Å². The Morgan fingerprint density at radius 3 is 2.68 bits per heavy atom. The molecule has 0 aliphatic rings. The summed E-state index contributed by atoms with van der Waals surface area (Å²) in [5.74, 6) is 1.23. The van der Waals surface area contributed by atoms with Crippen LogP contribution in [0.4, 0.5) is 0 Å². The summed E-state index contributed by atoms with van der Waals surface area (Å²) >= 11 is 5.59. The van der Waals surface area contributed by atoms with Crippen LogP contribution in [0.1, 0.15) is 58.1 Å². The molecule has 0 fully saturated rings. The molecule has 1 aromatic rings. The standard InChI is InChI=1S/C16H26BrNS/c1-4-6-7-11-19-16-9-8-14(17)12-15(16)13(3)18-10-5-2/h8-9,12-13,18H,4-7,10-11H2,1-3H3. The molecule has 0 amide bonds. The first-order valence-electron chi connectivity index (χ1n) is 7.34. The van der Waals surface area contributed by atoms with Crippen molar-refractivity contribution in [1.82, 2.24) is 5.32 Å². The zero-order valence-corrected chi connectivity index (χ0v) is 14.7. The molecule has 1 atom stereocenters. The quantitative estimate of drug-likeness (QED) is 0.449. The molecule has 0 spiro atoms. The van der Waals surface area contributed by atoms with Gasteiger partial charge in [0.2, 0.25) is 0 Å². The monoisotopic (exact) mass is 343 g/mol. The molecule has 19 heavy (non-hydrogen) atoms. The molecule has 0 bridgehead atoms. The van der Waals surface area contributed by atoms with Gasteiger partial charge in [0.1, 0.15) is 0 Å². The number of rotatable bonds is 9. The zero-order valence-electron chi connectivity index (χ0n) is 12.3. The summed E-state index contributed by atoms with van der Waals surface area (Å²) in [4.78, 5) is 1.43. The zero-order chi connectivity index (χ0) is 14.1. The fourth-order valence-electron chi connectivity index (χ4n) is 1.99. The Hall–Kier alpha value is 0.01000. The second kappa shape index (κ2) is 9.84. The van der Waals surface area contributed by atoms with Crippen LogP contribution in [0.2, 0.25) is 0 Å². The van der Waals surface area contributed by atoms with Crippen LogP contribution in [0.15, 0.2) is 27.6 Å². The smallest absolute Gasteiger partial charge is 0.0303 e. The van der Waals surface area contributed by atoms with Crippen LogP contribution in [0, 0.1) is 0 Å². The van der Waals surface area contributed by atoms with E-state index in [1.165, 1.54) is 46.4 Å². The van der Waals surface area contributed by atoms with Gasteiger partial charge < -0.3 is 5.32 Å². The van der Waals surface area contributed by atoms with E-state index in [1.807, 2.05) is 11.8 Å². The van der Waals surface area contributed by atoms with E-state index < -0.39 is 0 Å². The summed E-state index contributed by atoms with van der Waals surface area (Å²) in [7, 11) is 0. The van der Waals surface area contributed by atoms with Crippen LogP contribution in [0.3, 0.4) is 0 Å². The maximum Gasteiger partial charge on any atom is 0.0303 e. The van der Waals surface area contributed by atoms with Gasteiger partial charge >= 0.3 is 0 Å². The van der Waals surface area contributed by atoms with Gasteiger partial charge in [-0.05, 0) is 55.8 Å². The Morgan fingerprint density at radius 1 is 1.21 bits per heavy atom. The fourth-order valence-corrected chi connectivity index (χ4v) is 3.51. The third-order valence-electron chi connectivity index (χ3n) is 3.14. The lowest BCUT2D eigenvalue weighted by atomic mass is 10.1. The van der Waals surface area contributed by atoms with E-state index in [2.05, 4.69) is 60.2 Å². The molecule has 1 N–H and O–H groups in total. The molecule has 0 aliphatic heterocycles. The minimum absolute atomic E-state index is 0.422. The second-order valence-corrected chi connectivity index (χ2v) is 6.97. The van der Waals surface area contributed by atoms with Crippen molar-refractivity contribution < 1.29 is 0 Å². The van der Waals surface area contributed by atoms with E-state index in [4.69, 9.17) is 0 Å². The first kappa shape index (κ1) is 17.1. The van der Waals surface area contributed by atoms with Crippen LogP contribution >= 0.6 is 27.7 Å². The van der Waals surface area contributed by atoms with E-state index in [0.717, 1.165) is 6.54 Å². The highest BCUT2D eigenvalue weighted by atomic mass is 79.9. The highest BCUT2D eigenvalue weighted by molar-refractivity contribution is 9.10. The lowest BCUT2D eigenvalue weighted by Gasteiger charge is -2.18. The first-order chi connectivity index (χ1) is 9.19. The molecule has 1 nitrogen and oxygen atoms in total. The molecule has 3 heteroatoms. The number of hydrogen-bond acceptors (Lipinski definition) is 2. The molecule has 1 rings (SSSR count). The third kappa shape index (κ3) is 6.33. The van der Waals surface area contributed by atoms with Crippen LogP contribution < -0.4 is 5.32 Å². The fraction of sp³-hybridized carbons (Fsp3) is 0.625. The molecule has 0 aromatic heterocycles. The Balaban J connectivity index is 2.67. The summed E-state index contributed by atoms with van der Waals surface area (Å²) in [6.45, 7) is 7.80. The molecule has 0 heterocycles. The average Bonchev–Trinajstić information content (AvgIpc) is 2.42. The van der Waals surface area contributed by atoms with Crippen LogP contribution in [-0.4, -0.2) is 12.3 Å². The average molecular weight is 344 g/mol. The van der Waals surface area contributed by atoms with Gasteiger partial charge in [-0.2, -0.15) is 0 Å². The lowest BCUT2D eigenvalue weighted by molar-refractivity contribution is 0.563. The Bertz CT molecular complexity index is 368. The van der Waals surface area contributed by atoms with Gasteiger partial charge in [-0.1, -0.05) is 42.6 Å². The van der Waals surface area contributed by atoms with E-state index in [-0.39, 0.29) is 0 Å². The van der Waals surface area contributed by atoms with Gasteiger partial charge in [-0.25, -0.2) is 0 Å². The van der Waals surface area contributed by atoms with Crippen molar-refractivity contribution in [1.29, 1.82) is 0 Å². The van der Waals surface area contributed by atoms with Crippen LogP contribution in [0.25, 0.3) is 0 Å². The van der Waals surface area contributed by atoms with Gasteiger partial charge in [0, 0.05) is 15.4 Å². The molecule has 1 aromatic carbocycles. The van der Waals surface area contributed by atoms with E-state index >= 15 is 0 Å². The number of thioether (sulfide) groups is 1. The van der Waals surface area contributed by atoms with Crippen LogP contribution in [-0.2, 0) is 0 Å². The summed E-state index contributed by atoms with van der Waals surface area (Å²) < 4.78 is 1.17. The number of halogens is 1. The van der Waals surface area contributed by atoms with E-state index in [0.29, 0.717) is 6.04 Å². The Kier molecular flexibility index (Phi) is 8.84. The number of nitrogens with one attached hydrogen (secondary N) is 1. The van der Waals surface area contributed by atoms with Crippen molar-refractivity contribution in [2.45, 2.75) is 57.4 Å². The summed E-state index contributed by atoms with van der Waals surface area (Å²) in [5, 5.41) is 3.58. The number of hydrogen-bond donors (Lipinski definition) is 1. The molecule has 0 saturated heterocycles. The number of unbranched alkanes of at least 4 members (excludes halogenated alkanes) is 2. The Morgan fingerprint density at radius 2 is 2.00 bits per heavy atom. The van der Waals surface area contributed by atoms with Gasteiger partial charge in [0.25, 0.3) is 0 Å². The predicted molar refractivity (Wildman–Crippen MR) is 91.1 cm³/mol. The molecule has 0 aliphatic carbocycles. The van der Waals surface area contributed by atoms with Crippen molar-refractivity contribution in [3.63, 3.8) is 0 Å². The minimum Gasteiger partial charge on any atom is -0.310 e. The second-order valence-electron chi connectivity index (χ2n) is 4.91. The predicted octanol–water partition coefficient (Wildman–Crippen LogP) is 5.79. The maximum atomic E-state index is 3.59. The molecule has 0 radical (unpaired) electrons. The molecule has 108 valence electrons. The van der Waals surface area contributed by atoms with Crippen molar-refractivity contribution in [3.05, 3.63) is 28.2 Å². The SMILES string of the molecule is CCCCCSc1ccc(Br)cc1C(C)NCCC. The number of benzene rings is 1. The van der Waals surface area contributed by atoms with Crippen molar-refractivity contribution in [2.24, 2.45) is 0 Å². The first-order valence-corrected chi connectivity index (χ1v) is 9.12. The normalized spacial score (nSPS) is 12.6. The highest BCUT2D eigenvalue weighted by Crippen LogP contribution is 2.31. The summed E-state index contributed by atoms with van der Waals surface area (Å²) in [6, 6.07) is 7.08. The minimum atomic E-state index is 0.422.